The van der Waals surface area contributed by atoms with E-state index in [0.29, 0.717) is 5.03 Å². The maximum absolute atomic E-state index is 13.2. The largest absolute Gasteiger partial charge is 0.433 e. The van der Waals surface area contributed by atoms with Gasteiger partial charge >= 0.3 is 6.18 Å². The molecule has 2 rings (SSSR count). The van der Waals surface area contributed by atoms with Crippen LogP contribution in [0.25, 0.3) is 0 Å². The Kier molecular flexibility index (Phi) is 4.81. The molecule has 5 nitrogen and oxygen atoms in total. The Hall–Kier alpha value is -1.48. The smallest absolute Gasteiger partial charge is 0.300 e. The molecule has 2 heterocycles. The van der Waals surface area contributed by atoms with Crippen molar-refractivity contribution in [1.82, 2.24) is 15.0 Å². The molecular weight excluding hydrogens is 331 g/mol. The summed E-state index contributed by atoms with van der Waals surface area (Å²) in [6.07, 6.45) is -2.67. The molecule has 1 aromatic rings. The molecule has 0 radical (unpaired) electrons. The standard InChI is InChI=1S/C14H18F3N3O2S/c1-5-9-18-11(14(15,16)17)8(12(21)20(9)4)7-23-10-6-13(2,3)22-19-10/h6,19H,5,7H2,1-4H3. The van der Waals surface area contributed by atoms with Crippen molar-refractivity contribution in [3.8, 4) is 0 Å². The molecule has 1 N–H and O–H groups in total. The predicted molar refractivity (Wildman–Crippen MR) is 81.5 cm³/mol. The Morgan fingerprint density at radius 1 is 1.43 bits per heavy atom. The van der Waals surface area contributed by atoms with Crippen LogP contribution in [-0.4, -0.2) is 15.2 Å². The molecule has 0 aromatic carbocycles. The van der Waals surface area contributed by atoms with Crippen molar-refractivity contribution in [2.45, 2.75) is 44.7 Å². The van der Waals surface area contributed by atoms with E-state index in [0.717, 1.165) is 11.8 Å². The minimum atomic E-state index is -4.67. The molecule has 0 atom stereocenters. The van der Waals surface area contributed by atoms with Crippen LogP contribution in [0.3, 0.4) is 0 Å². The van der Waals surface area contributed by atoms with Crippen LogP contribution >= 0.6 is 11.8 Å². The van der Waals surface area contributed by atoms with E-state index in [1.807, 2.05) is 13.8 Å². The molecule has 0 saturated carbocycles. The van der Waals surface area contributed by atoms with E-state index < -0.39 is 23.0 Å². The summed E-state index contributed by atoms with van der Waals surface area (Å²) in [7, 11) is 1.43. The van der Waals surface area contributed by atoms with Crippen LogP contribution in [0.1, 0.15) is 37.9 Å². The Balaban J connectivity index is 2.38. The maximum atomic E-state index is 13.2. The number of alkyl halides is 3. The van der Waals surface area contributed by atoms with Gasteiger partial charge in [-0.2, -0.15) is 13.2 Å². The number of hydroxylamine groups is 1. The van der Waals surface area contributed by atoms with E-state index >= 15 is 0 Å². The summed E-state index contributed by atoms with van der Waals surface area (Å²) in [6, 6.07) is 0. The first-order valence-corrected chi connectivity index (χ1v) is 7.99. The third kappa shape index (κ3) is 3.89. The first kappa shape index (κ1) is 17.9. The minimum absolute atomic E-state index is 0.110. The quantitative estimate of drug-likeness (QED) is 0.906. The Bertz CT molecular complexity index is 696. The first-order chi connectivity index (χ1) is 10.5. The van der Waals surface area contributed by atoms with Crippen molar-refractivity contribution in [1.29, 1.82) is 0 Å². The van der Waals surface area contributed by atoms with Gasteiger partial charge in [-0.25, -0.2) is 4.98 Å². The molecule has 0 saturated heterocycles. The topological polar surface area (TPSA) is 56.1 Å². The van der Waals surface area contributed by atoms with E-state index in [4.69, 9.17) is 4.84 Å². The van der Waals surface area contributed by atoms with Crippen LogP contribution < -0.4 is 11.0 Å². The van der Waals surface area contributed by atoms with Crippen molar-refractivity contribution >= 4 is 11.8 Å². The minimum Gasteiger partial charge on any atom is -0.300 e. The van der Waals surface area contributed by atoms with Gasteiger partial charge in [0.25, 0.3) is 5.56 Å². The Morgan fingerprint density at radius 3 is 2.57 bits per heavy atom. The summed E-state index contributed by atoms with van der Waals surface area (Å²) >= 11 is 1.08. The van der Waals surface area contributed by atoms with Crippen LogP contribution in [0, 0.1) is 0 Å². The highest BCUT2D eigenvalue weighted by atomic mass is 32.2. The summed E-state index contributed by atoms with van der Waals surface area (Å²) in [4.78, 5) is 21.2. The van der Waals surface area contributed by atoms with Gasteiger partial charge in [0.05, 0.1) is 10.6 Å². The molecule has 0 bridgehead atoms. The fourth-order valence-corrected chi connectivity index (χ4v) is 3.18. The molecule has 1 aliphatic rings. The number of halogens is 3. The summed E-state index contributed by atoms with van der Waals surface area (Å²) in [6.45, 7) is 5.28. The van der Waals surface area contributed by atoms with Crippen molar-refractivity contribution in [2.75, 3.05) is 0 Å². The summed E-state index contributed by atoms with van der Waals surface area (Å²) in [5.41, 5.74) is -0.0225. The van der Waals surface area contributed by atoms with Crippen LogP contribution in [0.5, 0.6) is 0 Å². The zero-order valence-electron chi connectivity index (χ0n) is 13.2. The molecular formula is C14H18F3N3O2S. The molecule has 0 unspecified atom stereocenters. The molecule has 128 valence electrons. The highest BCUT2D eigenvalue weighted by molar-refractivity contribution is 8.02. The van der Waals surface area contributed by atoms with E-state index in [1.54, 1.807) is 13.0 Å². The van der Waals surface area contributed by atoms with Gasteiger partial charge in [0.1, 0.15) is 11.4 Å². The van der Waals surface area contributed by atoms with E-state index in [1.165, 1.54) is 11.6 Å². The van der Waals surface area contributed by atoms with Gasteiger partial charge in [0, 0.05) is 19.2 Å². The second-order valence-corrected chi connectivity index (χ2v) is 6.69. The van der Waals surface area contributed by atoms with Crippen LogP contribution in [0.4, 0.5) is 13.2 Å². The average molecular weight is 349 g/mol. The first-order valence-electron chi connectivity index (χ1n) is 7.01. The number of hydrogen-bond donors (Lipinski definition) is 1. The number of nitrogens with one attached hydrogen (secondary N) is 1. The lowest BCUT2D eigenvalue weighted by Gasteiger charge is -2.15. The maximum Gasteiger partial charge on any atom is 0.433 e. The Labute approximate surface area is 135 Å². The summed E-state index contributed by atoms with van der Waals surface area (Å²) in [5, 5.41) is 0.574. The van der Waals surface area contributed by atoms with Crippen molar-refractivity contribution in [3.05, 3.63) is 38.5 Å². The number of aromatic nitrogens is 2. The van der Waals surface area contributed by atoms with Gasteiger partial charge in [0.2, 0.25) is 0 Å². The number of nitrogens with zero attached hydrogens (tertiary/aromatic N) is 2. The van der Waals surface area contributed by atoms with Crippen LogP contribution in [-0.2, 0) is 30.2 Å². The van der Waals surface area contributed by atoms with Crippen LogP contribution in [0.2, 0.25) is 0 Å². The highest BCUT2D eigenvalue weighted by Crippen LogP contribution is 2.33. The summed E-state index contributed by atoms with van der Waals surface area (Å²) in [5.74, 6) is -0.0321. The van der Waals surface area contributed by atoms with Gasteiger partial charge < -0.3 is 0 Å². The normalized spacial score (nSPS) is 17.1. The fourth-order valence-electron chi connectivity index (χ4n) is 2.15. The van der Waals surface area contributed by atoms with Gasteiger partial charge in [0.15, 0.2) is 5.69 Å². The molecule has 0 fully saturated rings. The third-order valence-corrected chi connectivity index (χ3v) is 4.27. The molecule has 0 aliphatic carbocycles. The predicted octanol–water partition coefficient (Wildman–Crippen LogP) is 2.75. The summed E-state index contributed by atoms with van der Waals surface area (Å²) < 4.78 is 40.8. The lowest BCUT2D eigenvalue weighted by Crippen LogP contribution is -2.30. The van der Waals surface area contributed by atoms with Gasteiger partial charge in [-0.15, -0.1) is 11.8 Å². The molecule has 0 spiro atoms. The van der Waals surface area contributed by atoms with Crippen molar-refractivity contribution in [3.63, 3.8) is 0 Å². The van der Waals surface area contributed by atoms with Crippen molar-refractivity contribution < 1.29 is 18.0 Å². The lowest BCUT2D eigenvalue weighted by atomic mass is 10.1. The molecule has 9 heteroatoms. The fraction of sp³-hybridized carbons (Fsp3) is 0.571. The molecule has 0 amide bonds. The van der Waals surface area contributed by atoms with E-state index in [2.05, 4.69) is 10.5 Å². The number of rotatable bonds is 4. The number of thioether (sulfide) groups is 1. The second kappa shape index (κ2) is 6.20. The zero-order valence-corrected chi connectivity index (χ0v) is 14.1. The highest BCUT2D eigenvalue weighted by Gasteiger charge is 2.38. The zero-order chi connectivity index (χ0) is 17.4. The van der Waals surface area contributed by atoms with E-state index in [-0.39, 0.29) is 23.6 Å². The second-order valence-electron chi connectivity index (χ2n) is 5.68. The SMILES string of the molecule is CCc1nc(C(F)(F)F)c(CSC2=CC(C)(C)ON2)c(=O)n1C. The third-order valence-electron chi connectivity index (χ3n) is 3.33. The number of hydrogen-bond acceptors (Lipinski definition) is 5. The van der Waals surface area contributed by atoms with Crippen molar-refractivity contribution in [2.24, 2.45) is 7.05 Å². The van der Waals surface area contributed by atoms with Crippen LogP contribution in [0.15, 0.2) is 15.9 Å². The molecule has 1 aromatic heterocycles. The van der Waals surface area contributed by atoms with E-state index in [9.17, 15) is 18.0 Å². The molecule has 23 heavy (non-hydrogen) atoms. The van der Waals surface area contributed by atoms with Gasteiger partial charge in [-0.3, -0.25) is 19.7 Å². The van der Waals surface area contributed by atoms with Gasteiger partial charge in [-0.1, -0.05) is 6.92 Å². The van der Waals surface area contributed by atoms with Gasteiger partial charge in [-0.05, 0) is 19.9 Å². The lowest BCUT2D eigenvalue weighted by molar-refractivity contribution is -0.142. The Morgan fingerprint density at radius 2 is 2.09 bits per heavy atom. The number of aryl methyl sites for hydroxylation is 1. The average Bonchev–Trinajstić information content (AvgIpc) is 2.78. The monoisotopic (exact) mass is 349 g/mol. The molecule has 1 aliphatic heterocycles.